The lowest BCUT2D eigenvalue weighted by molar-refractivity contribution is -0.144. The summed E-state index contributed by atoms with van der Waals surface area (Å²) >= 11 is 0. The van der Waals surface area contributed by atoms with Gasteiger partial charge < -0.3 is 24.0 Å². The molecule has 8 heteroatoms. The van der Waals surface area contributed by atoms with Crippen LogP contribution in [-0.4, -0.2) is 74.3 Å². The Bertz CT molecular complexity index is 659. The molecule has 2 heterocycles. The average Bonchev–Trinajstić information content (AvgIpc) is 3.48. The molecule has 2 saturated heterocycles. The van der Waals surface area contributed by atoms with Crippen molar-refractivity contribution in [2.24, 2.45) is 0 Å². The van der Waals surface area contributed by atoms with Crippen molar-refractivity contribution in [2.75, 3.05) is 44.4 Å². The maximum absolute atomic E-state index is 12.8. The molecule has 3 rings (SSSR count). The normalized spacial score (nSPS) is 21.8. The van der Waals surface area contributed by atoms with Crippen molar-refractivity contribution in [1.82, 2.24) is 4.90 Å². The molecule has 0 unspecified atom stereocenters. The first-order valence-corrected chi connectivity index (χ1v) is 8.66. The topological polar surface area (TPSA) is 88.7 Å². The number of epoxide rings is 1. The number of hydrogen-bond acceptors (Lipinski definition) is 6. The van der Waals surface area contributed by atoms with E-state index < -0.39 is 24.1 Å². The summed E-state index contributed by atoms with van der Waals surface area (Å²) in [5, 5.41) is 0. The second kappa shape index (κ2) is 8.29. The predicted octanol–water partition coefficient (Wildman–Crippen LogP) is 0.209. The minimum atomic E-state index is -0.910. The number of benzene rings is 1. The van der Waals surface area contributed by atoms with E-state index in [1.165, 1.54) is 4.90 Å². The highest BCUT2D eigenvalue weighted by atomic mass is 16.6. The molecule has 2 atom stereocenters. The second-order valence-electron chi connectivity index (χ2n) is 5.98. The van der Waals surface area contributed by atoms with Gasteiger partial charge in [0.2, 0.25) is 5.91 Å². The smallest absolute Gasteiger partial charge is 0.338 e. The van der Waals surface area contributed by atoms with Gasteiger partial charge in [0, 0.05) is 18.8 Å². The van der Waals surface area contributed by atoms with Crippen LogP contribution in [0.15, 0.2) is 30.3 Å². The van der Waals surface area contributed by atoms with E-state index in [9.17, 15) is 14.4 Å². The predicted molar refractivity (Wildman–Crippen MR) is 91.5 cm³/mol. The number of esters is 1. The van der Waals surface area contributed by atoms with E-state index in [0.717, 1.165) is 0 Å². The zero-order valence-corrected chi connectivity index (χ0v) is 14.6. The van der Waals surface area contributed by atoms with E-state index >= 15 is 0 Å². The Kier molecular flexibility index (Phi) is 5.85. The van der Waals surface area contributed by atoms with Crippen LogP contribution >= 0.6 is 0 Å². The summed E-state index contributed by atoms with van der Waals surface area (Å²) in [4.78, 5) is 40.2. The molecule has 0 bridgehead atoms. The number of carbonyl (C=O) groups excluding carboxylic acids is 3. The minimum absolute atomic E-state index is 0.113. The number of hydrogen-bond donors (Lipinski definition) is 0. The number of anilines is 1. The third-order valence-corrected chi connectivity index (χ3v) is 4.24. The van der Waals surface area contributed by atoms with Gasteiger partial charge in [0.25, 0.3) is 5.91 Å². The number of carbonyl (C=O) groups is 3. The Hall–Kier alpha value is -2.45. The monoisotopic (exact) mass is 362 g/mol. The Morgan fingerprint density at radius 1 is 1.15 bits per heavy atom. The number of morpholine rings is 1. The summed E-state index contributed by atoms with van der Waals surface area (Å²) in [5.41, 5.74) is 0.581. The van der Waals surface area contributed by atoms with Crippen molar-refractivity contribution in [3.8, 4) is 0 Å². The molecule has 2 aliphatic heterocycles. The highest BCUT2D eigenvalue weighted by Crippen LogP contribution is 2.28. The van der Waals surface area contributed by atoms with Crippen LogP contribution < -0.4 is 4.90 Å². The zero-order valence-electron chi connectivity index (χ0n) is 14.6. The lowest BCUT2D eigenvalue weighted by Crippen LogP contribution is -2.48. The van der Waals surface area contributed by atoms with Gasteiger partial charge in [-0.05, 0) is 19.1 Å². The van der Waals surface area contributed by atoms with Crippen LogP contribution in [0.1, 0.15) is 6.92 Å². The molecular weight excluding hydrogens is 340 g/mol. The Balaban J connectivity index is 1.71. The number of rotatable bonds is 6. The molecule has 8 nitrogen and oxygen atoms in total. The van der Waals surface area contributed by atoms with Gasteiger partial charge in [-0.2, -0.15) is 0 Å². The lowest BCUT2D eigenvalue weighted by atomic mass is 10.2. The number of nitrogens with zero attached hydrogens (tertiary/aromatic N) is 2. The summed E-state index contributed by atoms with van der Waals surface area (Å²) in [6.45, 7) is 3.77. The Labute approximate surface area is 151 Å². The molecule has 0 spiro atoms. The Morgan fingerprint density at radius 3 is 2.50 bits per heavy atom. The van der Waals surface area contributed by atoms with Crippen LogP contribution in [0.4, 0.5) is 5.69 Å². The standard InChI is InChI=1S/C18H22N2O6/c1-2-25-18(23)16-15(26-16)17(22)20(13-6-4-3-5-7-13)12-14(21)19-8-10-24-11-9-19/h3-7,15-16H,2,8-12H2,1H3/t15-,16-/m0/s1. The fraction of sp³-hybridized carbons (Fsp3) is 0.500. The molecule has 0 radical (unpaired) electrons. The molecule has 2 amide bonds. The molecule has 1 aromatic rings. The van der Waals surface area contributed by atoms with E-state index in [4.69, 9.17) is 14.2 Å². The van der Waals surface area contributed by atoms with Gasteiger partial charge in [-0.15, -0.1) is 0 Å². The van der Waals surface area contributed by atoms with Gasteiger partial charge in [0.1, 0.15) is 6.54 Å². The molecule has 0 saturated carbocycles. The summed E-state index contributed by atoms with van der Waals surface area (Å²) in [6.07, 6.45) is -1.81. The number of amides is 2. The molecule has 26 heavy (non-hydrogen) atoms. The maximum Gasteiger partial charge on any atom is 0.338 e. The SMILES string of the molecule is CCOC(=O)[C@H]1O[C@@H]1C(=O)N(CC(=O)N1CCOCC1)c1ccccc1. The maximum atomic E-state index is 12.8. The van der Waals surface area contributed by atoms with Crippen molar-refractivity contribution in [3.05, 3.63) is 30.3 Å². The minimum Gasteiger partial charge on any atom is -0.464 e. The van der Waals surface area contributed by atoms with E-state index in [0.29, 0.717) is 32.0 Å². The third kappa shape index (κ3) is 4.20. The van der Waals surface area contributed by atoms with E-state index in [1.54, 1.807) is 36.1 Å². The van der Waals surface area contributed by atoms with Gasteiger partial charge in [-0.25, -0.2) is 4.79 Å². The van der Waals surface area contributed by atoms with Crippen molar-refractivity contribution >= 4 is 23.5 Å². The average molecular weight is 362 g/mol. The van der Waals surface area contributed by atoms with Crippen LogP contribution in [-0.2, 0) is 28.6 Å². The molecular formula is C18H22N2O6. The molecule has 140 valence electrons. The highest BCUT2D eigenvalue weighted by Gasteiger charge is 2.53. The van der Waals surface area contributed by atoms with Gasteiger partial charge in [0.05, 0.1) is 19.8 Å². The van der Waals surface area contributed by atoms with Crippen molar-refractivity contribution in [3.63, 3.8) is 0 Å². The largest absolute Gasteiger partial charge is 0.464 e. The lowest BCUT2D eigenvalue weighted by Gasteiger charge is -2.30. The fourth-order valence-electron chi connectivity index (χ4n) is 2.81. The molecule has 2 aliphatic rings. The van der Waals surface area contributed by atoms with E-state index in [1.807, 2.05) is 6.07 Å². The Morgan fingerprint density at radius 2 is 1.85 bits per heavy atom. The summed E-state index contributed by atoms with van der Waals surface area (Å²) < 4.78 is 15.3. The van der Waals surface area contributed by atoms with Crippen LogP contribution in [0, 0.1) is 0 Å². The molecule has 0 aromatic heterocycles. The first-order chi connectivity index (χ1) is 12.6. The molecule has 0 N–H and O–H groups in total. The number of ether oxygens (including phenoxy) is 3. The van der Waals surface area contributed by atoms with Gasteiger partial charge in [-0.3, -0.25) is 9.59 Å². The van der Waals surface area contributed by atoms with Crippen LogP contribution in [0.3, 0.4) is 0 Å². The molecule has 2 fully saturated rings. The fourth-order valence-corrected chi connectivity index (χ4v) is 2.81. The van der Waals surface area contributed by atoms with Crippen LogP contribution in [0.5, 0.6) is 0 Å². The summed E-state index contributed by atoms with van der Waals surface area (Å²) in [5.74, 6) is -1.15. The zero-order chi connectivity index (χ0) is 18.5. The molecule has 1 aromatic carbocycles. The first-order valence-electron chi connectivity index (χ1n) is 8.66. The third-order valence-electron chi connectivity index (χ3n) is 4.24. The van der Waals surface area contributed by atoms with Crippen LogP contribution in [0.2, 0.25) is 0 Å². The van der Waals surface area contributed by atoms with Crippen LogP contribution in [0.25, 0.3) is 0 Å². The number of para-hydroxylation sites is 1. The summed E-state index contributed by atoms with van der Waals surface area (Å²) in [6, 6.07) is 8.88. The van der Waals surface area contributed by atoms with E-state index in [-0.39, 0.29) is 19.1 Å². The molecule has 0 aliphatic carbocycles. The highest BCUT2D eigenvalue weighted by molar-refractivity contribution is 6.05. The van der Waals surface area contributed by atoms with Crippen molar-refractivity contribution < 1.29 is 28.6 Å². The second-order valence-corrected chi connectivity index (χ2v) is 5.98. The van der Waals surface area contributed by atoms with Crippen molar-refractivity contribution in [2.45, 2.75) is 19.1 Å². The van der Waals surface area contributed by atoms with Gasteiger partial charge >= 0.3 is 5.97 Å². The quantitative estimate of drug-likeness (QED) is 0.531. The van der Waals surface area contributed by atoms with Crippen molar-refractivity contribution in [1.29, 1.82) is 0 Å². The van der Waals surface area contributed by atoms with E-state index in [2.05, 4.69) is 0 Å². The summed E-state index contributed by atoms with van der Waals surface area (Å²) in [7, 11) is 0. The van der Waals surface area contributed by atoms with Gasteiger partial charge in [0.15, 0.2) is 12.2 Å². The first kappa shape index (κ1) is 18.3. The van der Waals surface area contributed by atoms with Gasteiger partial charge in [-0.1, -0.05) is 18.2 Å².